The van der Waals surface area contributed by atoms with Gasteiger partial charge in [0.05, 0.1) is 17.4 Å². The van der Waals surface area contributed by atoms with Gasteiger partial charge in [-0.15, -0.1) is 0 Å². The molecule has 0 spiro atoms. The predicted octanol–water partition coefficient (Wildman–Crippen LogP) is 6.17. The van der Waals surface area contributed by atoms with E-state index in [-0.39, 0.29) is 43.0 Å². The molecule has 14 nitrogen and oxygen atoms in total. The zero-order chi connectivity index (χ0) is 45.1. The third-order valence-electron chi connectivity index (χ3n) is 13.3. The number of anilines is 2. The van der Waals surface area contributed by atoms with Crippen LogP contribution in [0.2, 0.25) is 0 Å². The second-order valence-electron chi connectivity index (χ2n) is 17.6. The van der Waals surface area contributed by atoms with E-state index in [1.54, 1.807) is 17.2 Å². The van der Waals surface area contributed by atoms with Gasteiger partial charge in [0.15, 0.2) is 5.82 Å². The van der Waals surface area contributed by atoms with Crippen LogP contribution in [0.3, 0.4) is 0 Å². The minimum Gasteiger partial charge on any atom is -0.490 e. The van der Waals surface area contributed by atoms with Gasteiger partial charge in [-0.2, -0.15) is 12.7 Å². The summed E-state index contributed by atoms with van der Waals surface area (Å²) in [7, 11) is -4.35. The molecule has 4 fully saturated rings. The van der Waals surface area contributed by atoms with Crippen LogP contribution in [0.25, 0.3) is 22.2 Å². The van der Waals surface area contributed by atoms with Crippen molar-refractivity contribution < 1.29 is 40.7 Å². The Kier molecular flexibility index (Phi) is 11.1. The third-order valence-corrected chi connectivity index (χ3v) is 14.8. The van der Waals surface area contributed by atoms with Crippen molar-refractivity contribution in [3.05, 3.63) is 119 Å². The Balaban J connectivity index is 0.720. The van der Waals surface area contributed by atoms with Gasteiger partial charge in [-0.3, -0.25) is 24.0 Å². The smallest absolute Gasteiger partial charge is 0.301 e. The largest absolute Gasteiger partial charge is 0.490 e. The molecule has 338 valence electrons. The van der Waals surface area contributed by atoms with E-state index < -0.39 is 51.1 Å². The number of ketones is 1. The number of fused-ring (bicyclic) bond motifs is 2. The molecule has 3 aromatic carbocycles. The summed E-state index contributed by atoms with van der Waals surface area (Å²) in [6, 6.07) is 16.5. The number of H-pyrrole nitrogens is 1. The van der Waals surface area contributed by atoms with Gasteiger partial charge in [0.2, 0.25) is 11.7 Å². The molecule has 2 aromatic heterocycles. The number of benzene rings is 3. The van der Waals surface area contributed by atoms with E-state index in [0.717, 1.165) is 84.6 Å². The Morgan fingerprint density at radius 3 is 2.48 bits per heavy atom. The van der Waals surface area contributed by atoms with Crippen molar-refractivity contribution in [3.8, 4) is 16.9 Å². The molecule has 1 aliphatic carbocycles. The van der Waals surface area contributed by atoms with E-state index >= 15 is 8.78 Å². The van der Waals surface area contributed by atoms with Crippen molar-refractivity contribution in [3.63, 3.8) is 0 Å². The summed E-state index contributed by atoms with van der Waals surface area (Å²) >= 11 is 0. The van der Waals surface area contributed by atoms with Gasteiger partial charge < -0.3 is 24.8 Å². The van der Waals surface area contributed by atoms with E-state index in [4.69, 9.17) is 4.74 Å². The van der Waals surface area contributed by atoms with Gasteiger partial charge in [-0.1, -0.05) is 18.7 Å². The SMILES string of the molecule is C=C1CCC(N2Cc3cc(OC4CC(CN5CCN(c6ccc(-c7cnc8[nH]cc(C(=O)c9c(F)ccc(NS(=O)(=O)N%10CC[C@@H](F)C%10)c9F)c8c7)cc6)CC5)C4)ccc3C2=O)C(=O)N1. The van der Waals surface area contributed by atoms with Crippen LogP contribution >= 0.6 is 0 Å². The molecule has 65 heavy (non-hydrogen) atoms. The fraction of sp³-hybridized carbons (Fsp3) is 0.362. The molecule has 2 amide bonds. The number of hydrogen-bond donors (Lipinski definition) is 3. The van der Waals surface area contributed by atoms with Crippen molar-refractivity contribution in [2.75, 3.05) is 55.4 Å². The monoisotopic (exact) mass is 908 g/mol. The number of pyridine rings is 1. The molecule has 1 saturated carbocycles. The quantitative estimate of drug-likeness (QED) is 0.125. The lowest BCUT2D eigenvalue weighted by Crippen LogP contribution is -2.50. The molecule has 6 heterocycles. The Morgan fingerprint density at radius 2 is 1.74 bits per heavy atom. The number of ether oxygens (including phenoxy) is 1. The number of allylic oxidation sites excluding steroid dienone is 1. The van der Waals surface area contributed by atoms with Crippen molar-refractivity contribution in [1.82, 2.24) is 29.4 Å². The number of alkyl halides is 1. The van der Waals surface area contributed by atoms with Gasteiger partial charge in [0.1, 0.15) is 29.4 Å². The molecule has 10 rings (SSSR count). The van der Waals surface area contributed by atoms with E-state index in [2.05, 4.69) is 31.7 Å². The first-order valence-electron chi connectivity index (χ1n) is 21.9. The summed E-state index contributed by atoms with van der Waals surface area (Å²) in [5.41, 5.74) is 3.49. The standard InChI is InChI=1S/C47H47F3N8O6S/c1-27-2-11-41(46(60)53-27)58-25-31-20-34(7-8-36(31)47(58)61)64-35-18-28(19-35)24-55-14-16-56(17-15-55)33-5-3-29(4-6-33)30-21-37-38(23-52-45(37)51-22-30)44(59)42-39(49)9-10-40(43(42)50)54-65(62,63)57-13-12-32(48)26-57/h3-10,20-23,28,32,35,41,54H,1-2,11-19,24-26H2,(H,51,52)(H,53,60)/t28?,32-,35?,41?/m1/s1. The number of nitrogens with zero attached hydrogens (tertiary/aromatic N) is 5. The van der Waals surface area contributed by atoms with Gasteiger partial charge >= 0.3 is 10.2 Å². The fourth-order valence-electron chi connectivity index (χ4n) is 9.67. The van der Waals surface area contributed by atoms with E-state index in [1.165, 1.54) is 6.20 Å². The number of halogens is 3. The van der Waals surface area contributed by atoms with Crippen LogP contribution in [0.4, 0.5) is 24.5 Å². The summed E-state index contributed by atoms with van der Waals surface area (Å²) in [4.78, 5) is 53.2. The molecule has 3 saturated heterocycles. The molecule has 18 heteroatoms. The number of piperazine rings is 1. The summed E-state index contributed by atoms with van der Waals surface area (Å²) in [6.07, 6.45) is 4.89. The van der Waals surface area contributed by atoms with Crippen LogP contribution in [-0.2, 0) is 21.5 Å². The van der Waals surface area contributed by atoms with Gasteiger partial charge in [-0.25, -0.2) is 18.2 Å². The van der Waals surface area contributed by atoms with Gasteiger partial charge in [0, 0.05) is 98.2 Å². The second-order valence-corrected chi connectivity index (χ2v) is 19.3. The van der Waals surface area contributed by atoms with Crippen molar-refractivity contribution in [1.29, 1.82) is 0 Å². The molecule has 3 N–H and O–H groups in total. The van der Waals surface area contributed by atoms with Crippen LogP contribution in [0.15, 0.2) is 85.3 Å². The van der Waals surface area contributed by atoms with E-state index in [1.807, 2.05) is 47.2 Å². The van der Waals surface area contributed by atoms with Crippen LogP contribution in [0.5, 0.6) is 5.75 Å². The summed E-state index contributed by atoms with van der Waals surface area (Å²) < 4.78 is 79.4. The van der Waals surface area contributed by atoms with Crippen molar-refractivity contribution >= 4 is 50.2 Å². The van der Waals surface area contributed by atoms with Crippen molar-refractivity contribution in [2.45, 2.75) is 57.0 Å². The first kappa shape index (κ1) is 42.7. The molecular weight excluding hydrogens is 862 g/mol. The van der Waals surface area contributed by atoms with Crippen molar-refractivity contribution in [2.24, 2.45) is 5.92 Å². The van der Waals surface area contributed by atoms with E-state index in [9.17, 15) is 27.2 Å². The average Bonchev–Trinajstić information content (AvgIpc) is 4.01. The lowest BCUT2D eigenvalue weighted by atomic mass is 9.81. The minimum atomic E-state index is -4.35. The van der Waals surface area contributed by atoms with Gasteiger partial charge in [-0.05, 0) is 97.7 Å². The van der Waals surface area contributed by atoms with Crippen LogP contribution < -0.4 is 19.7 Å². The molecule has 1 unspecified atom stereocenters. The summed E-state index contributed by atoms with van der Waals surface area (Å²) in [6.45, 7) is 8.32. The van der Waals surface area contributed by atoms with Crippen LogP contribution in [0.1, 0.15) is 63.9 Å². The highest BCUT2D eigenvalue weighted by molar-refractivity contribution is 7.90. The first-order chi connectivity index (χ1) is 31.3. The summed E-state index contributed by atoms with van der Waals surface area (Å²) in [5, 5.41) is 3.11. The molecular formula is C47H47F3N8O6S. The lowest BCUT2D eigenvalue weighted by Gasteiger charge is -2.42. The third kappa shape index (κ3) is 8.34. The average molecular weight is 909 g/mol. The highest BCUT2D eigenvalue weighted by atomic mass is 32.2. The Morgan fingerprint density at radius 1 is 0.954 bits per heavy atom. The minimum absolute atomic E-state index is 0.00457. The Hall–Kier alpha value is -6.24. The van der Waals surface area contributed by atoms with Crippen LogP contribution in [-0.4, -0.2) is 114 Å². The number of amides is 2. The number of rotatable bonds is 12. The van der Waals surface area contributed by atoms with E-state index in [0.29, 0.717) is 53.2 Å². The lowest BCUT2D eigenvalue weighted by molar-refractivity contribution is -0.126. The molecule has 0 radical (unpaired) electrons. The molecule has 5 aromatic rings. The number of carbonyl (C=O) groups is 3. The highest BCUT2D eigenvalue weighted by Crippen LogP contribution is 2.36. The molecule has 4 aliphatic heterocycles. The fourth-order valence-corrected chi connectivity index (χ4v) is 10.9. The highest BCUT2D eigenvalue weighted by Gasteiger charge is 2.39. The summed E-state index contributed by atoms with van der Waals surface area (Å²) in [5.74, 6) is -2.57. The Labute approximate surface area is 373 Å². The number of hydrogen-bond acceptors (Lipinski definition) is 9. The number of carbonyl (C=O) groups excluding carboxylic acids is 3. The molecule has 5 aliphatic rings. The number of aromatic amines is 1. The maximum absolute atomic E-state index is 15.7. The molecule has 0 bridgehead atoms. The first-order valence-corrected chi connectivity index (χ1v) is 23.3. The number of aromatic nitrogens is 2. The zero-order valence-electron chi connectivity index (χ0n) is 35.4. The topological polar surface area (TPSA) is 160 Å². The maximum Gasteiger partial charge on any atom is 0.301 e. The Bertz CT molecular complexity index is 2840. The predicted molar refractivity (Wildman–Crippen MR) is 237 cm³/mol. The van der Waals surface area contributed by atoms with Crippen LogP contribution in [0, 0.1) is 17.6 Å². The second kappa shape index (κ2) is 17.0. The maximum atomic E-state index is 15.7. The molecule has 2 atom stereocenters. The normalized spacial score (nSPS) is 22.8. The zero-order valence-corrected chi connectivity index (χ0v) is 36.2. The number of piperidine rings is 1. The number of nitrogens with one attached hydrogen (secondary N) is 3. The van der Waals surface area contributed by atoms with Gasteiger partial charge in [0.25, 0.3) is 5.91 Å².